The first kappa shape index (κ1) is 13.6. The Balaban J connectivity index is 1.67. The minimum atomic E-state index is -0.404. The van der Waals surface area contributed by atoms with E-state index in [1.165, 1.54) is 6.42 Å². The van der Waals surface area contributed by atoms with E-state index in [-0.39, 0.29) is 5.91 Å². The molecule has 0 aliphatic carbocycles. The zero-order valence-corrected chi connectivity index (χ0v) is 11.5. The molecule has 0 aromatic carbocycles. The summed E-state index contributed by atoms with van der Waals surface area (Å²) in [6.07, 6.45) is 5.16. The fraction of sp³-hybridized carbons (Fsp3) is 0.643. The normalized spacial score (nSPS) is 17.7. The monoisotopic (exact) mass is 267 g/mol. The summed E-state index contributed by atoms with van der Waals surface area (Å²) >= 11 is 1.57. The summed E-state index contributed by atoms with van der Waals surface area (Å²) in [5, 5.41) is 11.9. The van der Waals surface area contributed by atoms with Gasteiger partial charge in [-0.2, -0.15) is 0 Å². The van der Waals surface area contributed by atoms with E-state index in [2.05, 4.69) is 0 Å². The van der Waals surface area contributed by atoms with Gasteiger partial charge in [0.05, 0.1) is 6.10 Å². The van der Waals surface area contributed by atoms with Gasteiger partial charge in [-0.15, -0.1) is 11.3 Å². The van der Waals surface area contributed by atoms with Crippen molar-refractivity contribution in [3.8, 4) is 0 Å². The lowest BCUT2D eigenvalue weighted by atomic mass is 10.1. The molecule has 1 fully saturated rings. The van der Waals surface area contributed by atoms with Gasteiger partial charge >= 0.3 is 0 Å². The molecule has 1 N–H and O–H groups in total. The van der Waals surface area contributed by atoms with Crippen LogP contribution in [-0.4, -0.2) is 29.0 Å². The molecular formula is C14H21NO2S. The molecule has 1 amide bonds. The minimum absolute atomic E-state index is 0.257. The van der Waals surface area contributed by atoms with Gasteiger partial charge in [0.1, 0.15) is 0 Å². The molecule has 1 aliphatic heterocycles. The van der Waals surface area contributed by atoms with Gasteiger partial charge in [-0.25, -0.2) is 0 Å². The van der Waals surface area contributed by atoms with E-state index in [9.17, 15) is 9.90 Å². The summed E-state index contributed by atoms with van der Waals surface area (Å²) in [6.45, 7) is 1.85. The molecule has 1 aromatic heterocycles. The lowest BCUT2D eigenvalue weighted by molar-refractivity contribution is -0.132. The number of likely N-dealkylation sites (tertiary alicyclic amines) is 1. The van der Waals surface area contributed by atoms with E-state index in [1.54, 1.807) is 11.3 Å². The molecule has 18 heavy (non-hydrogen) atoms. The quantitative estimate of drug-likeness (QED) is 0.891. The van der Waals surface area contributed by atoms with Crippen molar-refractivity contribution in [3.63, 3.8) is 0 Å². The predicted octanol–water partition coefficient (Wildman–Crippen LogP) is 2.96. The van der Waals surface area contributed by atoms with Crippen LogP contribution in [0.4, 0.5) is 0 Å². The zero-order valence-electron chi connectivity index (χ0n) is 10.7. The maximum Gasteiger partial charge on any atom is 0.222 e. The van der Waals surface area contributed by atoms with Crippen LogP contribution in [0.1, 0.15) is 49.5 Å². The van der Waals surface area contributed by atoms with E-state index in [0.717, 1.165) is 37.2 Å². The summed E-state index contributed by atoms with van der Waals surface area (Å²) in [4.78, 5) is 14.9. The molecule has 1 saturated heterocycles. The second-order valence-electron chi connectivity index (χ2n) is 4.86. The molecule has 1 atom stereocenters. The van der Waals surface area contributed by atoms with Crippen LogP contribution in [0.25, 0.3) is 0 Å². The lowest BCUT2D eigenvalue weighted by Crippen LogP contribution is -2.35. The van der Waals surface area contributed by atoms with E-state index in [1.807, 2.05) is 22.4 Å². The van der Waals surface area contributed by atoms with Gasteiger partial charge < -0.3 is 10.0 Å². The Kier molecular flexibility index (Phi) is 5.20. The highest BCUT2D eigenvalue weighted by Gasteiger charge is 2.16. The number of carbonyl (C=O) groups excluding carboxylic acids is 1. The van der Waals surface area contributed by atoms with Crippen LogP contribution < -0.4 is 0 Å². The second-order valence-corrected chi connectivity index (χ2v) is 5.84. The van der Waals surface area contributed by atoms with Gasteiger partial charge in [0.15, 0.2) is 0 Å². The summed E-state index contributed by atoms with van der Waals surface area (Å²) < 4.78 is 0. The first-order chi connectivity index (χ1) is 8.77. The van der Waals surface area contributed by atoms with Gasteiger partial charge in [-0.3, -0.25) is 4.79 Å². The summed E-state index contributed by atoms with van der Waals surface area (Å²) in [5.41, 5.74) is 0. The van der Waals surface area contributed by atoms with Crippen LogP contribution in [0.2, 0.25) is 0 Å². The maximum atomic E-state index is 11.9. The van der Waals surface area contributed by atoms with Crippen molar-refractivity contribution in [2.75, 3.05) is 13.1 Å². The van der Waals surface area contributed by atoms with Crippen molar-refractivity contribution in [2.24, 2.45) is 0 Å². The Hall–Kier alpha value is -0.870. The number of aliphatic hydroxyl groups is 1. The third-order valence-corrected chi connectivity index (χ3v) is 4.42. The average Bonchev–Trinajstić information content (AvgIpc) is 2.93. The molecule has 100 valence electrons. The Morgan fingerprint density at radius 3 is 2.83 bits per heavy atom. The average molecular weight is 267 g/mol. The Morgan fingerprint density at radius 1 is 1.39 bits per heavy atom. The van der Waals surface area contributed by atoms with Gasteiger partial charge in [-0.05, 0) is 43.6 Å². The molecule has 0 radical (unpaired) electrons. The molecular weight excluding hydrogens is 246 g/mol. The first-order valence-electron chi connectivity index (χ1n) is 6.76. The van der Waals surface area contributed by atoms with Gasteiger partial charge in [0.2, 0.25) is 5.91 Å². The Morgan fingerprint density at radius 2 is 2.17 bits per heavy atom. The van der Waals surface area contributed by atoms with Gasteiger partial charge in [0.25, 0.3) is 0 Å². The van der Waals surface area contributed by atoms with Crippen LogP contribution >= 0.6 is 11.3 Å². The molecule has 3 nitrogen and oxygen atoms in total. The van der Waals surface area contributed by atoms with Crippen LogP contribution in [0.3, 0.4) is 0 Å². The van der Waals surface area contributed by atoms with Crippen molar-refractivity contribution in [3.05, 3.63) is 22.4 Å². The van der Waals surface area contributed by atoms with Crippen molar-refractivity contribution in [1.82, 2.24) is 4.90 Å². The minimum Gasteiger partial charge on any atom is -0.388 e. The van der Waals surface area contributed by atoms with Crippen molar-refractivity contribution < 1.29 is 9.90 Å². The standard InChI is InChI=1S/C14H21NO2S/c16-12(13-7-5-11-18-13)6-4-8-14(17)15-9-2-1-3-10-15/h5,7,11-12,16H,1-4,6,8-10H2. The Bertz CT molecular complexity index is 358. The molecule has 2 heterocycles. The summed E-state index contributed by atoms with van der Waals surface area (Å²) in [5.74, 6) is 0.257. The highest BCUT2D eigenvalue weighted by atomic mass is 32.1. The fourth-order valence-electron chi connectivity index (χ4n) is 2.37. The maximum absolute atomic E-state index is 11.9. The third-order valence-electron chi connectivity index (χ3n) is 3.45. The molecule has 0 spiro atoms. The fourth-order valence-corrected chi connectivity index (χ4v) is 3.12. The summed E-state index contributed by atoms with van der Waals surface area (Å²) in [7, 11) is 0. The number of carbonyl (C=O) groups is 1. The molecule has 0 bridgehead atoms. The smallest absolute Gasteiger partial charge is 0.222 e. The predicted molar refractivity (Wildman–Crippen MR) is 73.6 cm³/mol. The number of nitrogens with zero attached hydrogens (tertiary/aromatic N) is 1. The number of aliphatic hydroxyl groups excluding tert-OH is 1. The topological polar surface area (TPSA) is 40.5 Å². The van der Waals surface area contributed by atoms with Crippen LogP contribution in [0, 0.1) is 0 Å². The third kappa shape index (κ3) is 3.82. The number of thiophene rings is 1. The molecule has 0 saturated carbocycles. The van der Waals surface area contributed by atoms with E-state index in [4.69, 9.17) is 0 Å². The van der Waals surface area contributed by atoms with E-state index in [0.29, 0.717) is 12.8 Å². The Labute approximate surface area is 112 Å². The molecule has 2 rings (SSSR count). The summed E-state index contributed by atoms with van der Waals surface area (Å²) in [6, 6.07) is 3.89. The molecule has 1 unspecified atom stereocenters. The molecule has 1 aromatic rings. The van der Waals surface area contributed by atoms with Crippen molar-refractivity contribution >= 4 is 17.2 Å². The number of hydrogen-bond acceptors (Lipinski definition) is 3. The van der Waals surface area contributed by atoms with Crippen molar-refractivity contribution in [2.45, 2.75) is 44.6 Å². The first-order valence-corrected chi connectivity index (χ1v) is 7.64. The molecule has 1 aliphatic rings. The lowest BCUT2D eigenvalue weighted by Gasteiger charge is -2.26. The highest BCUT2D eigenvalue weighted by Crippen LogP contribution is 2.23. The number of hydrogen-bond donors (Lipinski definition) is 1. The second kappa shape index (κ2) is 6.90. The largest absolute Gasteiger partial charge is 0.388 e. The van der Waals surface area contributed by atoms with E-state index < -0.39 is 6.10 Å². The number of amides is 1. The molecule has 4 heteroatoms. The highest BCUT2D eigenvalue weighted by molar-refractivity contribution is 7.10. The van der Waals surface area contributed by atoms with Crippen LogP contribution in [0.15, 0.2) is 17.5 Å². The van der Waals surface area contributed by atoms with Gasteiger partial charge in [-0.1, -0.05) is 6.07 Å². The number of piperidine rings is 1. The van der Waals surface area contributed by atoms with E-state index >= 15 is 0 Å². The van der Waals surface area contributed by atoms with Crippen LogP contribution in [-0.2, 0) is 4.79 Å². The van der Waals surface area contributed by atoms with Gasteiger partial charge in [0, 0.05) is 24.4 Å². The number of rotatable bonds is 5. The zero-order chi connectivity index (χ0) is 12.8. The van der Waals surface area contributed by atoms with Crippen LogP contribution in [0.5, 0.6) is 0 Å². The SMILES string of the molecule is O=C(CCCC(O)c1cccs1)N1CCCCC1. The van der Waals surface area contributed by atoms with Crippen molar-refractivity contribution in [1.29, 1.82) is 0 Å².